The van der Waals surface area contributed by atoms with E-state index >= 15 is 0 Å². The van der Waals surface area contributed by atoms with Crippen molar-refractivity contribution < 1.29 is 17.9 Å². The zero-order valence-electron chi connectivity index (χ0n) is 24.8. The van der Waals surface area contributed by atoms with Crippen molar-refractivity contribution in [2.45, 2.75) is 72.1 Å². The minimum atomic E-state index is -3.49. The van der Waals surface area contributed by atoms with Gasteiger partial charge in [0, 0.05) is 37.9 Å². The molecule has 11 heteroatoms. The van der Waals surface area contributed by atoms with Crippen molar-refractivity contribution in [1.29, 1.82) is 0 Å². The van der Waals surface area contributed by atoms with Gasteiger partial charge in [-0.05, 0) is 44.1 Å². The van der Waals surface area contributed by atoms with Crippen LogP contribution in [0.4, 0.5) is 5.69 Å². The molecule has 0 saturated carbocycles. The molecule has 1 aromatic carbocycles. The summed E-state index contributed by atoms with van der Waals surface area (Å²) < 4.78 is 35.1. The fraction of sp³-hybridized carbons (Fsp3) is 0.552. The lowest BCUT2D eigenvalue weighted by molar-refractivity contribution is 0.0849. The number of Topliss-reactive ketones (excluding diaryl/α,β-unsaturated/α-hetero) is 1. The summed E-state index contributed by atoms with van der Waals surface area (Å²) in [5.41, 5.74) is 2.95. The number of carbonyl (C=O) groups is 1. The molecule has 1 saturated heterocycles. The number of piperidine rings is 1. The van der Waals surface area contributed by atoms with Crippen LogP contribution in [0.1, 0.15) is 44.0 Å². The highest BCUT2D eigenvalue weighted by Gasteiger charge is 2.30. The minimum absolute atomic E-state index is 0.0206. The van der Waals surface area contributed by atoms with Crippen molar-refractivity contribution in [3.05, 3.63) is 42.2 Å². The van der Waals surface area contributed by atoms with Gasteiger partial charge in [-0.2, -0.15) is 0 Å². The number of ketones is 1. The van der Waals surface area contributed by atoms with Crippen LogP contribution < -0.4 is 9.62 Å². The van der Waals surface area contributed by atoms with Gasteiger partial charge in [-0.15, -0.1) is 0 Å². The summed E-state index contributed by atoms with van der Waals surface area (Å²) >= 11 is 0. The van der Waals surface area contributed by atoms with E-state index in [2.05, 4.69) is 25.0 Å². The molecular formula is C29H43N5O4SSi. The topological polar surface area (TPSA) is 106 Å². The van der Waals surface area contributed by atoms with E-state index in [9.17, 15) is 13.2 Å². The van der Waals surface area contributed by atoms with E-state index < -0.39 is 23.5 Å². The Kier molecular flexibility index (Phi) is 8.89. The second-order valence-corrected chi connectivity index (χ2v) is 20.4. The molecular weight excluding hydrogens is 543 g/mol. The van der Waals surface area contributed by atoms with E-state index in [-0.39, 0.29) is 11.8 Å². The lowest BCUT2D eigenvalue weighted by atomic mass is 9.87. The van der Waals surface area contributed by atoms with Crippen LogP contribution in [0.3, 0.4) is 0 Å². The summed E-state index contributed by atoms with van der Waals surface area (Å²) in [5.74, 6) is -0.0206. The number of benzene rings is 1. The highest BCUT2D eigenvalue weighted by atomic mass is 32.2. The zero-order chi connectivity index (χ0) is 29.3. The number of carbonyl (C=O) groups excluding carboxylic acids is 1. The van der Waals surface area contributed by atoms with Crippen LogP contribution in [0, 0.1) is 5.41 Å². The minimum Gasteiger partial charge on any atom is -0.361 e. The number of fused-ring (bicyclic) bond motifs is 1. The van der Waals surface area contributed by atoms with Gasteiger partial charge in [0.05, 0.1) is 29.4 Å². The second-order valence-electron chi connectivity index (χ2n) is 13.0. The molecule has 3 heterocycles. The molecule has 40 heavy (non-hydrogen) atoms. The fourth-order valence-corrected chi connectivity index (χ4v) is 6.92. The molecule has 0 spiro atoms. The molecule has 0 unspecified atom stereocenters. The predicted octanol–water partition coefficient (Wildman–Crippen LogP) is 5.16. The van der Waals surface area contributed by atoms with Crippen LogP contribution >= 0.6 is 0 Å². The average Bonchev–Trinajstić information content (AvgIpc) is 3.23. The molecule has 0 aliphatic carbocycles. The van der Waals surface area contributed by atoms with Crippen LogP contribution in [0.25, 0.3) is 22.4 Å². The van der Waals surface area contributed by atoms with Crippen LogP contribution in [-0.4, -0.2) is 68.8 Å². The Labute approximate surface area is 239 Å². The van der Waals surface area contributed by atoms with Crippen LogP contribution in [-0.2, 0) is 21.5 Å². The largest absolute Gasteiger partial charge is 0.361 e. The van der Waals surface area contributed by atoms with Gasteiger partial charge in [-0.3, -0.25) is 9.10 Å². The maximum absolute atomic E-state index is 13.4. The SMILES string of the molecule is CC(C)(C)C(=O)c1cn(COCC[Si](C)(C)C)c2ncc(-c3cccc(N(C4CCNCC4)S(C)(=O)=O)c3)nc12. The Balaban J connectivity index is 1.73. The van der Waals surface area contributed by atoms with Gasteiger partial charge in [0.1, 0.15) is 12.2 Å². The Morgan fingerprint density at radius 1 is 1.20 bits per heavy atom. The van der Waals surface area contributed by atoms with E-state index in [1.54, 1.807) is 12.4 Å². The molecule has 3 aromatic rings. The van der Waals surface area contributed by atoms with Gasteiger partial charge < -0.3 is 14.6 Å². The van der Waals surface area contributed by atoms with Crippen molar-refractivity contribution in [3.63, 3.8) is 0 Å². The molecule has 1 aliphatic heterocycles. The molecule has 1 aliphatic rings. The van der Waals surface area contributed by atoms with Crippen molar-refractivity contribution in [1.82, 2.24) is 19.9 Å². The monoisotopic (exact) mass is 585 g/mol. The highest BCUT2D eigenvalue weighted by Crippen LogP contribution is 2.31. The summed E-state index contributed by atoms with van der Waals surface area (Å²) in [5, 5.41) is 3.30. The molecule has 9 nitrogen and oxygen atoms in total. The molecule has 4 rings (SSSR count). The maximum atomic E-state index is 13.4. The van der Waals surface area contributed by atoms with Gasteiger partial charge >= 0.3 is 0 Å². The number of nitrogens with one attached hydrogen (secondary N) is 1. The number of aromatic nitrogens is 3. The number of rotatable bonds is 10. The van der Waals surface area contributed by atoms with Gasteiger partial charge in [-0.1, -0.05) is 52.5 Å². The fourth-order valence-electron chi connectivity index (χ4n) is 4.92. The first-order chi connectivity index (χ1) is 18.6. The molecule has 1 fully saturated rings. The summed E-state index contributed by atoms with van der Waals surface area (Å²) in [6.45, 7) is 15.1. The van der Waals surface area contributed by atoms with E-state index in [4.69, 9.17) is 14.7 Å². The van der Waals surface area contributed by atoms with E-state index in [0.29, 0.717) is 41.4 Å². The standard InChI is InChI=1S/C29H43N5O4SSi/c1-29(2,3)27(35)24-19-33(20-38-15-16-40(5,6)7)28-26(24)32-25(18-31-28)21-9-8-10-23(17-21)34(39(4,36)37)22-11-13-30-14-12-22/h8-10,17-19,22,30H,11-16,20H2,1-7H3. The third-order valence-corrected chi connectivity index (χ3v) is 10.0. The maximum Gasteiger partial charge on any atom is 0.232 e. The Hall–Kier alpha value is -2.60. The van der Waals surface area contributed by atoms with Crippen molar-refractivity contribution in [2.24, 2.45) is 5.41 Å². The van der Waals surface area contributed by atoms with Gasteiger partial charge in [0.25, 0.3) is 0 Å². The smallest absolute Gasteiger partial charge is 0.232 e. The van der Waals surface area contributed by atoms with Crippen LogP contribution in [0.15, 0.2) is 36.7 Å². The van der Waals surface area contributed by atoms with E-state index in [1.807, 2.05) is 49.6 Å². The number of anilines is 1. The number of hydrogen-bond acceptors (Lipinski definition) is 7. The quantitative estimate of drug-likeness (QED) is 0.199. The van der Waals surface area contributed by atoms with Crippen LogP contribution in [0.2, 0.25) is 25.7 Å². The lowest BCUT2D eigenvalue weighted by Crippen LogP contribution is -2.46. The van der Waals surface area contributed by atoms with Crippen molar-refractivity contribution >= 4 is 40.7 Å². The second kappa shape index (κ2) is 11.7. The van der Waals surface area contributed by atoms with E-state index in [1.165, 1.54) is 10.6 Å². The molecule has 0 amide bonds. The first kappa shape index (κ1) is 30.4. The van der Waals surface area contributed by atoms with Crippen molar-refractivity contribution in [2.75, 3.05) is 30.3 Å². The normalized spacial score (nSPS) is 15.5. The average molecular weight is 586 g/mol. The lowest BCUT2D eigenvalue weighted by Gasteiger charge is -2.34. The summed E-state index contributed by atoms with van der Waals surface area (Å²) in [6, 6.07) is 8.35. The van der Waals surface area contributed by atoms with Crippen LogP contribution in [0.5, 0.6) is 0 Å². The molecule has 1 N–H and O–H groups in total. The number of ether oxygens (including phenoxy) is 1. The Morgan fingerprint density at radius 2 is 1.90 bits per heavy atom. The Morgan fingerprint density at radius 3 is 2.52 bits per heavy atom. The van der Waals surface area contributed by atoms with Crippen molar-refractivity contribution in [3.8, 4) is 11.3 Å². The summed E-state index contributed by atoms with van der Waals surface area (Å²) in [6.07, 6.45) is 6.23. The number of hydrogen-bond donors (Lipinski definition) is 1. The third kappa shape index (κ3) is 7.18. The summed E-state index contributed by atoms with van der Waals surface area (Å²) in [4.78, 5) is 23.1. The highest BCUT2D eigenvalue weighted by molar-refractivity contribution is 7.92. The van der Waals surface area contributed by atoms with Gasteiger partial charge in [-0.25, -0.2) is 18.4 Å². The third-order valence-electron chi connectivity index (χ3n) is 7.11. The number of sulfonamides is 1. The molecule has 218 valence electrons. The molecule has 0 bridgehead atoms. The van der Waals surface area contributed by atoms with Gasteiger partial charge in [0.2, 0.25) is 10.0 Å². The zero-order valence-corrected chi connectivity index (χ0v) is 26.6. The molecule has 0 atom stereocenters. The summed E-state index contributed by atoms with van der Waals surface area (Å²) in [7, 11) is -4.72. The predicted molar refractivity (Wildman–Crippen MR) is 164 cm³/mol. The Bertz CT molecular complexity index is 1470. The molecule has 2 aromatic heterocycles. The van der Waals surface area contributed by atoms with Gasteiger partial charge in [0.15, 0.2) is 11.4 Å². The first-order valence-electron chi connectivity index (χ1n) is 13.9. The first-order valence-corrected chi connectivity index (χ1v) is 19.5. The number of nitrogens with zero attached hydrogens (tertiary/aromatic N) is 4. The van der Waals surface area contributed by atoms with E-state index in [0.717, 1.165) is 37.5 Å². The molecule has 0 radical (unpaired) electrons.